The SMILES string of the molecule is COc1cc(/C=C/c2ccc(OC)c(OC)c2NC(=O)/C=C/c2c[nH]c3ccccc23)cc(OC)c1OC. The molecule has 4 aromatic rings. The molecular weight excluding hydrogens is 484 g/mol. The Balaban J connectivity index is 1.67. The number of methoxy groups -OCH3 is 5. The molecule has 0 saturated carbocycles. The van der Waals surface area contributed by atoms with Crippen LogP contribution in [0.3, 0.4) is 0 Å². The van der Waals surface area contributed by atoms with Crippen LogP contribution in [-0.2, 0) is 4.79 Å². The van der Waals surface area contributed by atoms with E-state index in [0.29, 0.717) is 40.0 Å². The highest BCUT2D eigenvalue weighted by molar-refractivity contribution is 6.06. The molecule has 0 saturated heterocycles. The Kier molecular flexibility index (Phi) is 8.23. The number of anilines is 1. The predicted molar refractivity (Wildman–Crippen MR) is 151 cm³/mol. The standard InChI is InChI=1S/C30H30N2O6/c1-34-24-14-12-20(11-10-19-16-25(35-2)29(37-4)26(17-19)36-3)28(30(24)38-5)32-27(33)15-13-21-18-31-23-9-7-6-8-22(21)23/h6-18,31H,1-5H3,(H,32,33)/b11-10+,15-13+. The minimum absolute atomic E-state index is 0.315. The van der Waals surface area contributed by atoms with E-state index in [9.17, 15) is 4.79 Å². The zero-order chi connectivity index (χ0) is 27.1. The zero-order valence-electron chi connectivity index (χ0n) is 22.0. The minimum Gasteiger partial charge on any atom is -0.493 e. The van der Waals surface area contributed by atoms with Gasteiger partial charge in [-0.3, -0.25) is 4.79 Å². The number of aromatic amines is 1. The van der Waals surface area contributed by atoms with Gasteiger partial charge in [0.2, 0.25) is 11.7 Å². The molecule has 8 nitrogen and oxygen atoms in total. The second kappa shape index (κ2) is 11.9. The maximum atomic E-state index is 13.0. The Labute approximate surface area is 221 Å². The molecule has 2 N–H and O–H groups in total. The minimum atomic E-state index is -0.315. The lowest BCUT2D eigenvalue weighted by atomic mass is 10.1. The molecule has 0 atom stereocenters. The fraction of sp³-hybridized carbons (Fsp3) is 0.167. The van der Waals surface area contributed by atoms with Crippen LogP contribution in [0, 0.1) is 0 Å². The Hall–Kier alpha value is -4.85. The number of hydrogen-bond acceptors (Lipinski definition) is 6. The number of fused-ring (bicyclic) bond motifs is 1. The normalized spacial score (nSPS) is 11.2. The molecule has 0 radical (unpaired) electrons. The van der Waals surface area contributed by atoms with Crippen LogP contribution in [0.2, 0.25) is 0 Å². The van der Waals surface area contributed by atoms with E-state index in [1.54, 1.807) is 40.6 Å². The van der Waals surface area contributed by atoms with Gasteiger partial charge in [-0.2, -0.15) is 0 Å². The molecule has 1 amide bonds. The molecule has 1 heterocycles. The van der Waals surface area contributed by atoms with E-state index < -0.39 is 0 Å². The number of carbonyl (C=O) groups excluding carboxylic acids is 1. The fourth-order valence-corrected chi connectivity index (χ4v) is 4.16. The molecule has 4 rings (SSSR count). The van der Waals surface area contributed by atoms with E-state index in [0.717, 1.165) is 22.0 Å². The number of rotatable bonds is 10. The van der Waals surface area contributed by atoms with Gasteiger partial charge in [-0.05, 0) is 47.5 Å². The van der Waals surface area contributed by atoms with Crippen molar-refractivity contribution in [2.45, 2.75) is 0 Å². The third kappa shape index (κ3) is 5.44. The summed E-state index contributed by atoms with van der Waals surface area (Å²) in [6.07, 6.45) is 8.87. The van der Waals surface area contributed by atoms with Crippen molar-refractivity contribution in [3.05, 3.63) is 77.5 Å². The molecule has 0 fully saturated rings. The molecule has 3 aromatic carbocycles. The summed E-state index contributed by atoms with van der Waals surface area (Å²) in [6.45, 7) is 0. The van der Waals surface area contributed by atoms with Gasteiger partial charge in [0.05, 0.1) is 41.2 Å². The summed E-state index contributed by atoms with van der Waals surface area (Å²) in [5.41, 5.74) is 3.91. The van der Waals surface area contributed by atoms with Crippen molar-refractivity contribution in [3.8, 4) is 28.7 Å². The number of hydrogen-bond donors (Lipinski definition) is 2. The number of ether oxygens (including phenoxy) is 5. The van der Waals surface area contributed by atoms with Gasteiger partial charge in [-0.15, -0.1) is 0 Å². The second-order valence-electron chi connectivity index (χ2n) is 8.17. The highest BCUT2D eigenvalue weighted by Crippen LogP contribution is 2.41. The van der Waals surface area contributed by atoms with Gasteiger partial charge in [0, 0.05) is 28.7 Å². The molecular formula is C30H30N2O6. The lowest BCUT2D eigenvalue weighted by molar-refractivity contribution is -0.111. The number of carbonyl (C=O) groups is 1. The maximum Gasteiger partial charge on any atom is 0.248 e. The van der Waals surface area contributed by atoms with Crippen LogP contribution in [-0.4, -0.2) is 46.4 Å². The topological polar surface area (TPSA) is 91.0 Å². The van der Waals surface area contributed by atoms with Crippen LogP contribution in [0.25, 0.3) is 29.1 Å². The van der Waals surface area contributed by atoms with E-state index in [1.165, 1.54) is 13.2 Å². The van der Waals surface area contributed by atoms with Crippen molar-refractivity contribution in [2.75, 3.05) is 40.9 Å². The molecule has 1 aromatic heterocycles. The lowest BCUT2D eigenvalue weighted by Crippen LogP contribution is -2.11. The fourth-order valence-electron chi connectivity index (χ4n) is 4.16. The molecule has 8 heteroatoms. The van der Waals surface area contributed by atoms with Gasteiger partial charge >= 0.3 is 0 Å². The van der Waals surface area contributed by atoms with Crippen LogP contribution >= 0.6 is 0 Å². The molecule has 0 aliphatic carbocycles. The largest absolute Gasteiger partial charge is 0.493 e. The summed E-state index contributed by atoms with van der Waals surface area (Å²) in [4.78, 5) is 16.2. The lowest BCUT2D eigenvalue weighted by Gasteiger charge is -2.16. The summed E-state index contributed by atoms with van der Waals surface area (Å²) < 4.78 is 27.4. The average Bonchev–Trinajstić information content (AvgIpc) is 3.37. The summed E-state index contributed by atoms with van der Waals surface area (Å²) in [5, 5.41) is 3.99. The van der Waals surface area contributed by atoms with Crippen molar-refractivity contribution in [1.29, 1.82) is 0 Å². The highest BCUT2D eigenvalue weighted by Gasteiger charge is 2.16. The molecule has 0 aliphatic heterocycles. The first-order valence-electron chi connectivity index (χ1n) is 11.8. The maximum absolute atomic E-state index is 13.0. The Morgan fingerprint density at radius 2 is 1.42 bits per heavy atom. The Morgan fingerprint density at radius 3 is 2.08 bits per heavy atom. The second-order valence-corrected chi connectivity index (χ2v) is 8.17. The Bertz CT molecular complexity index is 1480. The number of aromatic nitrogens is 1. The third-order valence-electron chi connectivity index (χ3n) is 6.00. The van der Waals surface area contributed by atoms with Crippen LogP contribution in [0.1, 0.15) is 16.7 Å². The van der Waals surface area contributed by atoms with Crippen molar-refractivity contribution < 1.29 is 28.5 Å². The molecule has 196 valence electrons. The van der Waals surface area contributed by atoms with Crippen LogP contribution in [0.4, 0.5) is 5.69 Å². The van der Waals surface area contributed by atoms with Crippen LogP contribution in [0.15, 0.2) is 60.8 Å². The van der Waals surface area contributed by atoms with Crippen molar-refractivity contribution >= 4 is 40.7 Å². The van der Waals surface area contributed by atoms with E-state index in [1.807, 2.05) is 60.8 Å². The molecule has 0 spiro atoms. The van der Waals surface area contributed by atoms with Gasteiger partial charge in [0.1, 0.15) is 0 Å². The number of nitrogens with one attached hydrogen (secondary N) is 2. The summed E-state index contributed by atoms with van der Waals surface area (Å²) >= 11 is 0. The van der Waals surface area contributed by atoms with Crippen LogP contribution in [0.5, 0.6) is 28.7 Å². The van der Waals surface area contributed by atoms with Crippen molar-refractivity contribution in [2.24, 2.45) is 0 Å². The van der Waals surface area contributed by atoms with E-state index in [-0.39, 0.29) is 5.91 Å². The highest BCUT2D eigenvalue weighted by atomic mass is 16.5. The van der Waals surface area contributed by atoms with E-state index >= 15 is 0 Å². The van der Waals surface area contributed by atoms with Gasteiger partial charge in [0.25, 0.3) is 0 Å². The number of benzene rings is 3. The number of para-hydroxylation sites is 1. The predicted octanol–water partition coefficient (Wildman–Crippen LogP) is 6.03. The Morgan fingerprint density at radius 1 is 0.737 bits per heavy atom. The summed E-state index contributed by atoms with van der Waals surface area (Å²) in [5.74, 6) is 2.17. The zero-order valence-corrected chi connectivity index (χ0v) is 22.0. The van der Waals surface area contributed by atoms with Crippen LogP contribution < -0.4 is 29.0 Å². The molecule has 0 aliphatic rings. The van der Waals surface area contributed by atoms with Gasteiger partial charge < -0.3 is 34.0 Å². The molecule has 38 heavy (non-hydrogen) atoms. The average molecular weight is 515 g/mol. The van der Waals surface area contributed by atoms with Gasteiger partial charge in [0.15, 0.2) is 23.0 Å². The first kappa shape index (κ1) is 26.2. The summed E-state index contributed by atoms with van der Waals surface area (Å²) in [7, 11) is 7.77. The van der Waals surface area contributed by atoms with Gasteiger partial charge in [-0.25, -0.2) is 0 Å². The quantitative estimate of drug-likeness (QED) is 0.198. The first-order chi connectivity index (χ1) is 18.5. The van der Waals surface area contributed by atoms with E-state index in [4.69, 9.17) is 23.7 Å². The molecule has 0 unspecified atom stereocenters. The third-order valence-corrected chi connectivity index (χ3v) is 6.00. The van der Waals surface area contributed by atoms with Gasteiger partial charge in [-0.1, -0.05) is 30.4 Å². The number of amides is 1. The van der Waals surface area contributed by atoms with Crippen molar-refractivity contribution in [3.63, 3.8) is 0 Å². The van der Waals surface area contributed by atoms with E-state index in [2.05, 4.69) is 10.3 Å². The summed E-state index contributed by atoms with van der Waals surface area (Å²) in [6, 6.07) is 15.2. The number of H-pyrrole nitrogens is 1. The monoisotopic (exact) mass is 514 g/mol. The smallest absolute Gasteiger partial charge is 0.248 e. The van der Waals surface area contributed by atoms with Crippen molar-refractivity contribution in [1.82, 2.24) is 4.98 Å². The first-order valence-corrected chi connectivity index (χ1v) is 11.8. The molecule has 0 bridgehead atoms.